The first-order valence-electron chi connectivity index (χ1n) is 9.29. The van der Waals surface area contributed by atoms with Crippen molar-refractivity contribution in [1.82, 2.24) is 5.01 Å². The van der Waals surface area contributed by atoms with Gasteiger partial charge in [0, 0.05) is 16.8 Å². The Morgan fingerprint density at radius 1 is 0.966 bits per heavy atom. The molecule has 2 aromatic rings. The summed E-state index contributed by atoms with van der Waals surface area (Å²) in [6, 6.07) is 14.1. The van der Waals surface area contributed by atoms with Gasteiger partial charge in [-0.2, -0.15) is 5.10 Å². The Bertz CT molecular complexity index is 1080. The molecule has 0 radical (unpaired) electrons. The van der Waals surface area contributed by atoms with Crippen molar-refractivity contribution in [2.24, 2.45) is 16.9 Å². The number of hydrazone groups is 1. The van der Waals surface area contributed by atoms with Crippen LogP contribution < -0.4 is 4.90 Å². The predicted molar refractivity (Wildman–Crippen MR) is 109 cm³/mol. The first-order chi connectivity index (χ1) is 14.1. The van der Waals surface area contributed by atoms with Crippen LogP contribution in [0.2, 0.25) is 5.02 Å². The van der Waals surface area contributed by atoms with Gasteiger partial charge in [-0.15, -0.1) is 0 Å². The predicted octanol–water partition coefficient (Wildman–Crippen LogP) is 2.94. The molecule has 3 heterocycles. The molecular weight excluding hydrogens is 390 g/mol. The molecule has 2 amide bonds. The van der Waals surface area contributed by atoms with E-state index in [1.165, 1.54) is 0 Å². The van der Waals surface area contributed by atoms with E-state index >= 15 is 0 Å². The molecule has 0 saturated carbocycles. The van der Waals surface area contributed by atoms with Gasteiger partial charge < -0.3 is 0 Å². The van der Waals surface area contributed by atoms with E-state index in [0.29, 0.717) is 16.3 Å². The van der Waals surface area contributed by atoms with Crippen LogP contribution in [0.25, 0.3) is 0 Å². The van der Waals surface area contributed by atoms with E-state index in [9.17, 15) is 14.4 Å². The van der Waals surface area contributed by atoms with Gasteiger partial charge >= 0.3 is 0 Å². The third kappa shape index (κ3) is 2.63. The van der Waals surface area contributed by atoms with Gasteiger partial charge in [0.15, 0.2) is 5.78 Å². The molecule has 29 heavy (non-hydrogen) atoms. The van der Waals surface area contributed by atoms with Crippen LogP contribution in [0, 0.1) is 11.8 Å². The Morgan fingerprint density at radius 2 is 1.72 bits per heavy atom. The summed E-state index contributed by atoms with van der Waals surface area (Å²) in [4.78, 5) is 41.2. The summed E-state index contributed by atoms with van der Waals surface area (Å²) in [5.41, 5.74) is 0.908. The van der Waals surface area contributed by atoms with E-state index in [1.807, 2.05) is 12.1 Å². The Morgan fingerprint density at radius 3 is 2.48 bits per heavy atom. The van der Waals surface area contributed by atoms with Crippen LogP contribution in [0.15, 0.2) is 71.9 Å². The van der Waals surface area contributed by atoms with Crippen LogP contribution >= 0.6 is 11.6 Å². The fraction of sp³-hybridized carbons (Fsp3) is 0.182. The van der Waals surface area contributed by atoms with Crippen molar-refractivity contribution in [3.63, 3.8) is 0 Å². The number of hydrogen-bond acceptors (Lipinski definition) is 5. The molecule has 6 nitrogen and oxygen atoms in total. The molecule has 0 aromatic heterocycles. The lowest BCUT2D eigenvalue weighted by Crippen LogP contribution is -2.46. The Balaban J connectivity index is 1.59. The van der Waals surface area contributed by atoms with Gasteiger partial charge in [-0.05, 0) is 24.3 Å². The normalized spacial score (nSPS) is 27.3. The number of rotatable bonds is 3. The first kappa shape index (κ1) is 17.8. The molecule has 4 atom stereocenters. The second kappa shape index (κ2) is 6.67. The minimum atomic E-state index is -0.839. The summed E-state index contributed by atoms with van der Waals surface area (Å²) in [5.74, 6) is -2.42. The molecule has 0 N–H and O–H groups in total. The van der Waals surface area contributed by atoms with E-state index < -0.39 is 29.8 Å². The van der Waals surface area contributed by atoms with E-state index in [1.54, 1.807) is 65.8 Å². The molecule has 0 spiro atoms. The fourth-order valence-electron chi connectivity index (χ4n) is 4.48. The van der Waals surface area contributed by atoms with Crippen LogP contribution in [0.4, 0.5) is 5.69 Å². The summed E-state index contributed by atoms with van der Waals surface area (Å²) in [6.07, 6.45) is 5.15. The lowest BCUT2D eigenvalue weighted by molar-refractivity contribution is -0.123. The average Bonchev–Trinajstić information content (AvgIpc) is 3.21. The number of anilines is 1. The van der Waals surface area contributed by atoms with Crippen molar-refractivity contribution in [3.05, 3.63) is 77.3 Å². The summed E-state index contributed by atoms with van der Waals surface area (Å²) in [7, 11) is 0. The topological polar surface area (TPSA) is 70.0 Å². The lowest BCUT2D eigenvalue weighted by atomic mass is 9.86. The van der Waals surface area contributed by atoms with Gasteiger partial charge in [0.1, 0.15) is 6.04 Å². The van der Waals surface area contributed by atoms with Gasteiger partial charge in [-0.3, -0.25) is 19.4 Å². The van der Waals surface area contributed by atoms with E-state index in [0.717, 1.165) is 4.90 Å². The van der Waals surface area contributed by atoms with Gasteiger partial charge in [0.05, 0.1) is 23.6 Å². The maximum atomic E-state index is 13.4. The molecule has 2 fully saturated rings. The van der Waals surface area contributed by atoms with Crippen LogP contribution in [-0.4, -0.2) is 40.9 Å². The molecule has 3 aliphatic heterocycles. The summed E-state index contributed by atoms with van der Waals surface area (Å²) in [6.45, 7) is 0. The maximum Gasteiger partial charge on any atom is 0.240 e. The number of halogens is 1. The van der Waals surface area contributed by atoms with Crippen molar-refractivity contribution >= 4 is 41.1 Å². The van der Waals surface area contributed by atoms with Crippen LogP contribution in [0.1, 0.15) is 10.4 Å². The number of benzene rings is 2. The van der Waals surface area contributed by atoms with E-state index in [-0.39, 0.29) is 11.7 Å². The number of Topliss-reactive ketones (excluding diaryl/α,β-unsaturated/α-hetero) is 1. The molecule has 0 aliphatic carbocycles. The quantitative estimate of drug-likeness (QED) is 0.581. The van der Waals surface area contributed by atoms with Crippen LogP contribution in [0.3, 0.4) is 0 Å². The number of nitrogens with zero attached hydrogens (tertiary/aromatic N) is 3. The highest BCUT2D eigenvalue weighted by atomic mass is 35.5. The summed E-state index contributed by atoms with van der Waals surface area (Å²) < 4.78 is 0. The second-order valence-electron chi connectivity index (χ2n) is 7.24. The molecular formula is C22H16ClN3O3. The molecule has 3 aliphatic rings. The van der Waals surface area contributed by atoms with Crippen molar-refractivity contribution in [3.8, 4) is 0 Å². The molecule has 144 valence electrons. The lowest BCUT2D eigenvalue weighted by Gasteiger charge is -2.30. The molecule has 0 unspecified atom stereocenters. The van der Waals surface area contributed by atoms with Crippen LogP contribution in [0.5, 0.6) is 0 Å². The number of carbonyl (C=O) groups excluding carboxylic acids is 3. The van der Waals surface area contributed by atoms with Crippen molar-refractivity contribution in [2.45, 2.75) is 12.1 Å². The second-order valence-corrected chi connectivity index (χ2v) is 7.67. The first-order valence-corrected chi connectivity index (χ1v) is 9.67. The SMILES string of the molecule is O=C(c1ccccc1)[C@@H]1[C@@H]2C(=O)N(c3cccc(Cl)c3)C(=O)[C@H]2[C@@H]2C=CC=NN12. The zero-order chi connectivity index (χ0) is 20.1. The monoisotopic (exact) mass is 405 g/mol. The highest BCUT2D eigenvalue weighted by molar-refractivity contribution is 6.31. The Hall–Kier alpha value is -3.25. The van der Waals surface area contributed by atoms with Gasteiger partial charge in [-0.1, -0.05) is 54.1 Å². The maximum absolute atomic E-state index is 13.4. The number of allylic oxidation sites excluding steroid dienone is 1. The van der Waals surface area contributed by atoms with Crippen molar-refractivity contribution in [2.75, 3.05) is 4.90 Å². The number of imide groups is 1. The Labute approximate surface area is 172 Å². The summed E-state index contributed by atoms with van der Waals surface area (Å²) >= 11 is 6.07. The minimum Gasteiger partial charge on any atom is -0.292 e. The highest BCUT2D eigenvalue weighted by Gasteiger charge is 2.64. The van der Waals surface area contributed by atoms with E-state index in [2.05, 4.69) is 5.10 Å². The smallest absolute Gasteiger partial charge is 0.240 e. The zero-order valence-corrected chi connectivity index (χ0v) is 15.9. The standard InChI is InChI=1S/C22H16ClN3O3/c23-14-8-4-9-15(12-14)25-21(28)17-16-10-5-11-24-26(16)19(18(17)22(25)29)20(27)13-6-2-1-3-7-13/h1-12,16-19H/t16-,17-,18+,19-/m0/s1. The third-order valence-electron chi connectivity index (χ3n) is 5.68. The molecule has 5 rings (SSSR count). The number of hydrogen-bond donors (Lipinski definition) is 0. The van der Waals surface area contributed by atoms with Gasteiger partial charge in [0.25, 0.3) is 0 Å². The summed E-state index contributed by atoms with van der Waals surface area (Å²) in [5, 5.41) is 6.38. The van der Waals surface area contributed by atoms with Crippen molar-refractivity contribution < 1.29 is 14.4 Å². The van der Waals surface area contributed by atoms with Crippen molar-refractivity contribution in [1.29, 1.82) is 0 Å². The minimum absolute atomic E-state index is 0.218. The number of carbonyl (C=O) groups is 3. The number of amides is 2. The Kier molecular flexibility index (Phi) is 4.10. The zero-order valence-electron chi connectivity index (χ0n) is 15.2. The molecule has 2 aromatic carbocycles. The number of ketones is 1. The average molecular weight is 406 g/mol. The highest BCUT2D eigenvalue weighted by Crippen LogP contribution is 2.46. The largest absolute Gasteiger partial charge is 0.292 e. The number of fused-ring (bicyclic) bond motifs is 3. The molecule has 7 heteroatoms. The fourth-order valence-corrected chi connectivity index (χ4v) is 4.66. The van der Waals surface area contributed by atoms with Gasteiger partial charge in [0.2, 0.25) is 11.8 Å². The molecule has 2 saturated heterocycles. The van der Waals surface area contributed by atoms with Gasteiger partial charge in [-0.25, -0.2) is 4.90 Å². The molecule has 0 bridgehead atoms. The van der Waals surface area contributed by atoms with E-state index in [4.69, 9.17) is 11.6 Å². The van der Waals surface area contributed by atoms with Crippen LogP contribution in [-0.2, 0) is 9.59 Å². The third-order valence-corrected chi connectivity index (χ3v) is 5.92.